The maximum Gasteiger partial charge on any atom is 0.326 e. The molecule has 9 N–H and O–H groups in total. The summed E-state index contributed by atoms with van der Waals surface area (Å²) in [6.45, 7) is 0.674. The Morgan fingerprint density at radius 2 is 1.84 bits per heavy atom. The van der Waals surface area contributed by atoms with E-state index in [-0.39, 0.29) is 18.3 Å². The van der Waals surface area contributed by atoms with E-state index in [4.69, 9.17) is 17.2 Å². The molecule has 38 heavy (non-hydrogen) atoms. The molecule has 1 aliphatic rings. The minimum absolute atomic E-state index is 0.0373. The van der Waals surface area contributed by atoms with Crippen LogP contribution < -0.4 is 27.8 Å². The fourth-order valence-electron chi connectivity index (χ4n) is 4.24. The lowest BCUT2D eigenvalue weighted by Crippen LogP contribution is -2.57. The molecule has 0 aromatic heterocycles. The number of carbonyl (C=O) groups excluding carboxylic acids is 3. The van der Waals surface area contributed by atoms with Crippen LogP contribution in [0.3, 0.4) is 0 Å². The van der Waals surface area contributed by atoms with Crippen molar-refractivity contribution in [1.29, 1.82) is 0 Å². The molecular weight excluding hydrogens is 510 g/mol. The van der Waals surface area contributed by atoms with E-state index in [9.17, 15) is 24.3 Å². The molecule has 1 fully saturated rings. The molecule has 0 saturated carbocycles. The lowest BCUT2D eigenvalue weighted by molar-refractivity contribution is -0.145. The molecule has 1 saturated heterocycles. The number of likely N-dealkylation sites (tertiary alicyclic amines) is 1. The van der Waals surface area contributed by atoms with Gasteiger partial charge in [0.15, 0.2) is 5.96 Å². The van der Waals surface area contributed by atoms with Gasteiger partial charge in [-0.3, -0.25) is 19.4 Å². The number of benzene rings is 1. The van der Waals surface area contributed by atoms with E-state index in [1.165, 1.54) is 16.7 Å². The van der Waals surface area contributed by atoms with Gasteiger partial charge in [0.2, 0.25) is 17.7 Å². The number of carboxylic acids is 1. The van der Waals surface area contributed by atoms with Gasteiger partial charge < -0.3 is 37.8 Å². The quantitative estimate of drug-likeness (QED) is 0.0937. The Balaban J connectivity index is 2.05. The van der Waals surface area contributed by atoms with Crippen molar-refractivity contribution in [2.24, 2.45) is 22.2 Å². The van der Waals surface area contributed by atoms with Crippen LogP contribution in [0.5, 0.6) is 0 Å². The number of nitrogens with zero attached hydrogens (tertiary/aromatic N) is 2. The average molecular weight is 550 g/mol. The highest BCUT2D eigenvalue weighted by Crippen LogP contribution is 2.20. The van der Waals surface area contributed by atoms with Gasteiger partial charge in [0.1, 0.15) is 18.1 Å². The smallest absolute Gasteiger partial charge is 0.326 e. The van der Waals surface area contributed by atoms with E-state index >= 15 is 0 Å². The Bertz CT molecular complexity index is 974. The molecule has 0 radical (unpaired) electrons. The molecule has 0 bridgehead atoms. The number of nitrogens with two attached hydrogens (primary N) is 3. The fraction of sp³-hybridized carbons (Fsp3) is 0.560. The van der Waals surface area contributed by atoms with Crippen molar-refractivity contribution in [3.05, 3.63) is 35.9 Å². The summed E-state index contributed by atoms with van der Waals surface area (Å²) in [6.07, 6.45) is 4.20. The fourth-order valence-corrected chi connectivity index (χ4v) is 4.71. The number of rotatable bonds is 15. The third-order valence-electron chi connectivity index (χ3n) is 6.27. The largest absolute Gasteiger partial charge is 0.480 e. The van der Waals surface area contributed by atoms with Crippen molar-refractivity contribution < 1.29 is 24.3 Å². The number of guanidine groups is 1. The van der Waals surface area contributed by atoms with Crippen molar-refractivity contribution in [3.8, 4) is 0 Å². The number of aliphatic carboxylic acids is 1. The summed E-state index contributed by atoms with van der Waals surface area (Å²) in [5, 5.41) is 15.0. The summed E-state index contributed by atoms with van der Waals surface area (Å²) in [6, 6.07) is 5.35. The van der Waals surface area contributed by atoms with E-state index in [0.29, 0.717) is 50.9 Å². The first-order chi connectivity index (χ1) is 18.1. The van der Waals surface area contributed by atoms with Crippen LogP contribution in [0.2, 0.25) is 0 Å². The Hall–Kier alpha value is -3.32. The van der Waals surface area contributed by atoms with Crippen molar-refractivity contribution >= 4 is 41.4 Å². The summed E-state index contributed by atoms with van der Waals surface area (Å²) in [7, 11) is 0. The second-order valence-corrected chi connectivity index (χ2v) is 10.2. The third kappa shape index (κ3) is 9.86. The average Bonchev–Trinajstić information content (AvgIpc) is 3.38. The minimum atomic E-state index is -1.16. The van der Waals surface area contributed by atoms with E-state index in [1.807, 2.05) is 12.3 Å². The van der Waals surface area contributed by atoms with Gasteiger partial charge in [0.05, 0.1) is 6.04 Å². The van der Waals surface area contributed by atoms with E-state index in [1.54, 1.807) is 24.3 Å². The normalized spacial score (nSPS) is 17.2. The number of carbonyl (C=O) groups is 4. The maximum atomic E-state index is 13.5. The topological polar surface area (TPSA) is 206 Å². The number of carboxylic acid groups (broad SMARTS) is 1. The van der Waals surface area contributed by atoms with Gasteiger partial charge in [-0.15, -0.1) is 0 Å². The molecule has 13 heteroatoms. The zero-order chi connectivity index (χ0) is 28.1. The molecule has 1 aromatic rings. The summed E-state index contributed by atoms with van der Waals surface area (Å²) >= 11 is 1.53. The molecule has 0 spiro atoms. The van der Waals surface area contributed by atoms with Gasteiger partial charge in [0, 0.05) is 19.5 Å². The molecule has 4 atom stereocenters. The first-order valence-electron chi connectivity index (χ1n) is 12.6. The van der Waals surface area contributed by atoms with Crippen LogP contribution in [-0.2, 0) is 25.6 Å². The minimum Gasteiger partial charge on any atom is -0.480 e. The van der Waals surface area contributed by atoms with Crippen LogP contribution in [0.1, 0.15) is 37.7 Å². The van der Waals surface area contributed by atoms with Gasteiger partial charge >= 0.3 is 5.97 Å². The zero-order valence-electron chi connectivity index (χ0n) is 21.7. The van der Waals surface area contributed by atoms with Crippen molar-refractivity contribution in [1.82, 2.24) is 15.5 Å². The van der Waals surface area contributed by atoms with Crippen molar-refractivity contribution in [3.63, 3.8) is 0 Å². The first-order valence-corrected chi connectivity index (χ1v) is 14.0. The third-order valence-corrected chi connectivity index (χ3v) is 6.91. The molecule has 1 aromatic carbocycles. The summed E-state index contributed by atoms with van der Waals surface area (Å²) in [4.78, 5) is 56.5. The maximum absolute atomic E-state index is 13.5. The molecular formula is C25H39N7O5S. The second kappa shape index (κ2) is 15.8. The highest BCUT2D eigenvalue weighted by molar-refractivity contribution is 7.98. The number of nitrogens with one attached hydrogen (secondary N) is 2. The van der Waals surface area contributed by atoms with Crippen LogP contribution in [0.4, 0.5) is 0 Å². The van der Waals surface area contributed by atoms with Crippen LogP contribution in [0.25, 0.3) is 0 Å². The van der Waals surface area contributed by atoms with Crippen LogP contribution in [-0.4, -0.2) is 88.9 Å². The predicted octanol–water partition coefficient (Wildman–Crippen LogP) is -0.592. The van der Waals surface area contributed by atoms with Gasteiger partial charge in [-0.05, 0) is 49.7 Å². The highest BCUT2D eigenvalue weighted by Gasteiger charge is 2.39. The lowest BCUT2D eigenvalue weighted by Gasteiger charge is -2.30. The van der Waals surface area contributed by atoms with Gasteiger partial charge in [-0.2, -0.15) is 11.8 Å². The second-order valence-electron chi connectivity index (χ2n) is 9.18. The standard InChI is InChI=1S/C25H39N7O5S/c1-38-14-11-18(30-21(33)17(26)9-5-12-29-25(27)28)23(35)32-13-6-10-20(32)22(34)31-19(24(36)37)15-16-7-3-2-4-8-16/h2-4,7-8,17-20H,5-6,9-15,26H2,1H3,(H,30,33)(H,31,34)(H,36,37)(H4,27,28,29). The SMILES string of the molecule is CSCCC(NC(=O)C(N)CCCN=C(N)N)C(=O)N1CCCC1C(=O)NC(Cc1ccccc1)C(=O)O. The molecule has 1 aliphatic heterocycles. The summed E-state index contributed by atoms with van der Waals surface area (Å²) < 4.78 is 0. The Morgan fingerprint density at radius 1 is 1.13 bits per heavy atom. The molecule has 1 heterocycles. The number of hydrogen-bond donors (Lipinski definition) is 6. The summed E-state index contributed by atoms with van der Waals surface area (Å²) in [5.74, 6) is -1.96. The Kier molecular flexibility index (Phi) is 12.9. The summed E-state index contributed by atoms with van der Waals surface area (Å²) in [5.41, 5.74) is 17.4. The predicted molar refractivity (Wildman–Crippen MR) is 147 cm³/mol. The van der Waals surface area contributed by atoms with E-state index in [2.05, 4.69) is 15.6 Å². The number of aliphatic imine (C=N–C) groups is 1. The van der Waals surface area contributed by atoms with E-state index in [0.717, 1.165) is 5.56 Å². The monoisotopic (exact) mass is 549 g/mol. The molecule has 210 valence electrons. The van der Waals surface area contributed by atoms with Gasteiger partial charge in [-0.1, -0.05) is 30.3 Å². The number of hydrogen-bond acceptors (Lipinski definition) is 7. The van der Waals surface area contributed by atoms with E-state index < -0.39 is 42.0 Å². The van der Waals surface area contributed by atoms with Gasteiger partial charge in [-0.25, -0.2) is 4.79 Å². The molecule has 4 unspecified atom stereocenters. The first kappa shape index (κ1) is 30.9. The molecule has 3 amide bonds. The zero-order valence-corrected chi connectivity index (χ0v) is 22.5. The Morgan fingerprint density at radius 3 is 2.47 bits per heavy atom. The molecule has 0 aliphatic carbocycles. The molecule has 2 rings (SSSR count). The number of amides is 3. The van der Waals surface area contributed by atoms with Crippen molar-refractivity contribution in [2.75, 3.05) is 25.1 Å². The highest BCUT2D eigenvalue weighted by atomic mass is 32.2. The van der Waals surface area contributed by atoms with Gasteiger partial charge in [0.25, 0.3) is 0 Å². The van der Waals surface area contributed by atoms with Crippen LogP contribution >= 0.6 is 11.8 Å². The van der Waals surface area contributed by atoms with Crippen LogP contribution in [0.15, 0.2) is 35.3 Å². The van der Waals surface area contributed by atoms with Crippen LogP contribution in [0, 0.1) is 0 Å². The lowest BCUT2D eigenvalue weighted by atomic mass is 10.0. The number of thioether (sulfide) groups is 1. The Labute approximate surface area is 227 Å². The molecule has 12 nitrogen and oxygen atoms in total. The van der Waals surface area contributed by atoms with Crippen molar-refractivity contribution in [2.45, 2.75) is 62.7 Å².